The van der Waals surface area contributed by atoms with Gasteiger partial charge in [-0.2, -0.15) is 0 Å². The van der Waals surface area contributed by atoms with Crippen LogP contribution in [0, 0.1) is 5.92 Å². The summed E-state index contributed by atoms with van der Waals surface area (Å²) in [6, 6.07) is 13.9. The minimum Gasteiger partial charge on any atom is -0.508 e. The van der Waals surface area contributed by atoms with Gasteiger partial charge < -0.3 is 20.1 Å². The molecule has 4 rings (SSSR count). The van der Waals surface area contributed by atoms with Gasteiger partial charge in [-0.05, 0) is 73.8 Å². The Bertz CT molecular complexity index is 731. The van der Waals surface area contributed by atoms with Gasteiger partial charge in [0.05, 0.1) is 0 Å². The largest absolute Gasteiger partial charge is 0.508 e. The van der Waals surface area contributed by atoms with Crippen LogP contribution >= 0.6 is 0 Å². The van der Waals surface area contributed by atoms with Crippen LogP contribution < -0.4 is 10.1 Å². The predicted molar refractivity (Wildman–Crippen MR) is 95.0 cm³/mol. The third kappa shape index (κ3) is 3.77. The van der Waals surface area contributed by atoms with E-state index < -0.39 is 0 Å². The Balaban J connectivity index is 1.36. The maximum absolute atomic E-state index is 12.5. The molecule has 2 aliphatic heterocycles. The second kappa shape index (κ2) is 6.76. The number of hydrogen-bond donors (Lipinski definition) is 2. The summed E-state index contributed by atoms with van der Waals surface area (Å²) in [6.07, 6.45) is 2.35. The molecule has 2 fully saturated rings. The Morgan fingerprint density at radius 1 is 1.04 bits per heavy atom. The molecule has 5 nitrogen and oxygen atoms in total. The summed E-state index contributed by atoms with van der Waals surface area (Å²) in [7, 11) is 0. The highest BCUT2D eigenvalue weighted by atomic mass is 16.5. The number of nitrogens with zero attached hydrogens (tertiary/aromatic N) is 1. The van der Waals surface area contributed by atoms with Crippen molar-refractivity contribution in [2.45, 2.75) is 18.9 Å². The third-order valence-corrected chi connectivity index (χ3v) is 4.99. The summed E-state index contributed by atoms with van der Waals surface area (Å²) in [6.45, 7) is 3.32. The predicted octanol–water partition coefficient (Wildman–Crippen LogP) is 3.01. The third-order valence-electron chi connectivity index (χ3n) is 4.99. The Hall–Kier alpha value is -2.53. The van der Waals surface area contributed by atoms with Crippen LogP contribution in [0.1, 0.15) is 23.2 Å². The second-order valence-corrected chi connectivity index (χ2v) is 6.94. The average molecular weight is 338 g/mol. The van der Waals surface area contributed by atoms with Crippen LogP contribution in [0.25, 0.3) is 0 Å². The van der Waals surface area contributed by atoms with Gasteiger partial charge in [0, 0.05) is 24.7 Å². The summed E-state index contributed by atoms with van der Waals surface area (Å²) in [5.74, 6) is 2.21. The first-order valence-electron chi connectivity index (χ1n) is 8.76. The number of ether oxygens (including phenoxy) is 1. The van der Waals surface area contributed by atoms with E-state index in [0.29, 0.717) is 17.1 Å². The van der Waals surface area contributed by atoms with E-state index in [2.05, 4.69) is 10.2 Å². The molecule has 25 heavy (non-hydrogen) atoms. The summed E-state index contributed by atoms with van der Waals surface area (Å²) < 4.78 is 5.70. The normalized spacial score (nSPS) is 24.7. The number of fused-ring (bicyclic) bond motifs is 2. The number of carbonyl (C=O) groups is 1. The molecular formula is C20H22N2O3. The van der Waals surface area contributed by atoms with Gasteiger partial charge in [0.2, 0.25) is 0 Å². The van der Waals surface area contributed by atoms with Crippen molar-refractivity contribution in [1.82, 2.24) is 10.2 Å². The molecule has 0 saturated carbocycles. The molecule has 2 aliphatic rings. The van der Waals surface area contributed by atoms with Crippen LogP contribution in [-0.2, 0) is 0 Å². The Morgan fingerprint density at radius 3 is 2.40 bits per heavy atom. The topological polar surface area (TPSA) is 61.8 Å². The van der Waals surface area contributed by atoms with Gasteiger partial charge >= 0.3 is 0 Å². The lowest BCUT2D eigenvalue weighted by Crippen LogP contribution is -2.46. The van der Waals surface area contributed by atoms with Crippen LogP contribution in [0.4, 0.5) is 0 Å². The Kier molecular flexibility index (Phi) is 4.32. The van der Waals surface area contributed by atoms with E-state index in [1.54, 1.807) is 48.5 Å². The standard InChI is InChI=1S/C20H22N2O3/c23-17-3-7-19(8-4-17)25-18-5-1-15(2-6-18)20(24)21-16-11-14-9-10-22(12-14)13-16/h1-8,14,16,23H,9-13H2,(H,21,24)/t14-,16+/m0/s1. The first kappa shape index (κ1) is 16.0. The highest BCUT2D eigenvalue weighted by Gasteiger charge is 2.32. The quantitative estimate of drug-likeness (QED) is 0.900. The molecule has 0 radical (unpaired) electrons. The Labute approximate surface area is 147 Å². The molecule has 2 heterocycles. The fourth-order valence-electron chi connectivity index (χ4n) is 3.76. The van der Waals surface area contributed by atoms with Gasteiger partial charge in [-0.25, -0.2) is 0 Å². The van der Waals surface area contributed by atoms with Gasteiger partial charge in [0.1, 0.15) is 17.2 Å². The number of phenolic OH excluding ortho intramolecular Hbond substituents is 1. The second-order valence-electron chi connectivity index (χ2n) is 6.94. The van der Waals surface area contributed by atoms with E-state index in [1.165, 1.54) is 19.5 Å². The van der Waals surface area contributed by atoms with Crippen molar-refractivity contribution in [3.8, 4) is 17.2 Å². The lowest BCUT2D eigenvalue weighted by molar-refractivity contribution is 0.0909. The smallest absolute Gasteiger partial charge is 0.251 e. The van der Waals surface area contributed by atoms with E-state index >= 15 is 0 Å². The molecule has 2 aromatic rings. The van der Waals surface area contributed by atoms with E-state index in [9.17, 15) is 9.90 Å². The number of carbonyl (C=O) groups excluding carboxylic acids is 1. The molecule has 2 N–H and O–H groups in total. The van der Waals surface area contributed by atoms with E-state index in [1.807, 2.05) is 0 Å². The molecular weight excluding hydrogens is 316 g/mol. The number of benzene rings is 2. The van der Waals surface area contributed by atoms with Crippen molar-refractivity contribution < 1.29 is 14.6 Å². The van der Waals surface area contributed by atoms with Crippen LogP contribution in [0.3, 0.4) is 0 Å². The maximum atomic E-state index is 12.5. The first-order chi connectivity index (χ1) is 12.2. The lowest BCUT2D eigenvalue weighted by atomic mass is 9.96. The van der Waals surface area contributed by atoms with Crippen molar-refractivity contribution in [1.29, 1.82) is 0 Å². The molecule has 1 unspecified atom stereocenters. The number of aromatic hydroxyl groups is 1. The molecule has 2 bridgehead atoms. The van der Waals surface area contributed by atoms with Crippen molar-refractivity contribution in [3.05, 3.63) is 54.1 Å². The van der Waals surface area contributed by atoms with E-state index in [4.69, 9.17) is 4.74 Å². The summed E-state index contributed by atoms with van der Waals surface area (Å²) in [4.78, 5) is 14.9. The zero-order valence-electron chi connectivity index (χ0n) is 14.0. The monoisotopic (exact) mass is 338 g/mol. The fourth-order valence-corrected chi connectivity index (χ4v) is 3.76. The van der Waals surface area contributed by atoms with Crippen molar-refractivity contribution in [2.75, 3.05) is 19.6 Å². The molecule has 0 spiro atoms. The Morgan fingerprint density at radius 2 is 1.72 bits per heavy atom. The molecule has 5 heteroatoms. The van der Waals surface area contributed by atoms with Crippen LogP contribution in [-0.4, -0.2) is 41.6 Å². The minimum atomic E-state index is -0.0244. The lowest BCUT2D eigenvalue weighted by Gasteiger charge is -2.30. The molecule has 2 saturated heterocycles. The minimum absolute atomic E-state index is 0.0244. The summed E-state index contributed by atoms with van der Waals surface area (Å²) in [5, 5.41) is 12.5. The van der Waals surface area contributed by atoms with Crippen LogP contribution in [0.2, 0.25) is 0 Å². The number of phenols is 1. The molecule has 1 amide bonds. The van der Waals surface area contributed by atoms with Gasteiger partial charge in [-0.1, -0.05) is 0 Å². The summed E-state index contributed by atoms with van der Waals surface area (Å²) >= 11 is 0. The van der Waals surface area contributed by atoms with Crippen LogP contribution in [0.15, 0.2) is 48.5 Å². The first-order valence-corrected chi connectivity index (χ1v) is 8.76. The van der Waals surface area contributed by atoms with Gasteiger partial charge in [-0.3, -0.25) is 4.79 Å². The molecule has 0 aromatic heterocycles. The SMILES string of the molecule is O=C(N[C@@H]1C[C@@H]2CCN(C2)C1)c1ccc(Oc2ccc(O)cc2)cc1. The number of hydrogen-bond acceptors (Lipinski definition) is 4. The van der Waals surface area contributed by atoms with Gasteiger partial charge in [-0.15, -0.1) is 0 Å². The van der Waals surface area contributed by atoms with Crippen molar-refractivity contribution >= 4 is 5.91 Å². The number of amides is 1. The highest BCUT2D eigenvalue weighted by molar-refractivity contribution is 5.94. The zero-order valence-corrected chi connectivity index (χ0v) is 14.0. The number of nitrogens with one attached hydrogen (secondary N) is 1. The van der Waals surface area contributed by atoms with Crippen molar-refractivity contribution in [3.63, 3.8) is 0 Å². The van der Waals surface area contributed by atoms with Crippen molar-refractivity contribution in [2.24, 2.45) is 5.92 Å². The molecule has 2 aromatic carbocycles. The van der Waals surface area contributed by atoms with Crippen LogP contribution in [0.5, 0.6) is 17.2 Å². The van der Waals surface area contributed by atoms with E-state index in [-0.39, 0.29) is 17.7 Å². The maximum Gasteiger partial charge on any atom is 0.251 e. The number of rotatable bonds is 4. The summed E-state index contributed by atoms with van der Waals surface area (Å²) in [5.41, 5.74) is 0.644. The number of piperidine rings is 1. The average Bonchev–Trinajstić information content (AvgIpc) is 2.96. The fraction of sp³-hybridized carbons (Fsp3) is 0.350. The molecule has 0 aliphatic carbocycles. The zero-order chi connectivity index (χ0) is 17.2. The van der Waals surface area contributed by atoms with Gasteiger partial charge in [0.15, 0.2) is 0 Å². The highest BCUT2D eigenvalue weighted by Crippen LogP contribution is 2.27. The molecule has 130 valence electrons. The van der Waals surface area contributed by atoms with Gasteiger partial charge in [0.25, 0.3) is 5.91 Å². The van der Waals surface area contributed by atoms with E-state index in [0.717, 1.165) is 18.9 Å². The molecule has 3 atom stereocenters.